The topological polar surface area (TPSA) is 61.4 Å². The number of aromatic nitrogens is 2. The first kappa shape index (κ1) is 16.8. The Morgan fingerprint density at radius 1 is 1.19 bits per heavy atom. The van der Waals surface area contributed by atoms with E-state index in [1.165, 1.54) is 24.9 Å². The fourth-order valence-corrected chi connectivity index (χ4v) is 3.48. The summed E-state index contributed by atoms with van der Waals surface area (Å²) in [5, 5.41) is 3.33. The average Bonchev–Trinajstić information content (AvgIpc) is 2.71. The Hall–Kier alpha value is -2.70. The normalized spacial score (nSPS) is 17.5. The van der Waals surface area contributed by atoms with Crippen LogP contribution in [0.4, 0.5) is 16.0 Å². The minimum Gasteiger partial charge on any atom is -0.366 e. The van der Waals surface area contributed by atoms with Crippen molar-refractivity contribution in [3.8, 4) is 0 Å². The van der Waals surface area contributed by atoms with Crippen LogP contribution in [0.2, 0.25) is 0 Å². The maximum atomic E-state index is 13.1. The highest BCUT2D eigenvalue weighted by Crippen LogP contribution is 2.33. The molecule has 1 N–H and O–H groups in total. The molecule has 0 unspecified atom stereocenters. The minimum atomic E-state index is -0.249. The van der Waals surface area contributed by atoms with Gasteiger partial charge in [0.25, 0.3) is 0 Å². The third-order valence-electron chi connectivity index (χ3n) is 5.19. The van der Waals surface area contributed by atoms with Crippen molar-refractivity contribution in [2.45, 2.75) is 38.4 Å². The number of hydrogen-bond donors (Lipinski definition) is 1. The van der Waals surface area contributed by atoms with Crippen LogP contribution in [0.25, 0.3) is 0 Å². The second-order valence-electron chi connectivity index (χ2n) is 6.97. The molecule has 0 spiro atoms. The van der Waals surface area contributed by atoms with Crippen molar-refractivity contribution in [2.75, 3.05) is 23.8 Å². The fourth-order valence-electron chi connectivity index (χ4n) is 3.48. The SMILES string of the molecule is CN1CC(=O)N(C2CCC2)Cc2c(NCc3ccc(F)cc3)ncnc21. The molecule has 2 aromatic rings. The number of halogens is 1. The van der Waals surface area contributed by atoms with Crippen molar-refractivity contribution in [3.05, 3.63) is 47.5 Å². The fraction of sp³-hybridized carbons (Fsp3) is 0.421. The van der Waals surface area contributed by atoms with Crippen LogP contribution in [-0.2, 0) is 17.9 Å². The number of nitrogens with zero attached hydrogens (tertiary/aromatic N) is 4. The van der Waals surface area contributed by atoms with Crippen molar-refractivity contribution < 1.29 is 9.18 Å². The number of carbonyl (C=O) groups is 1. The van der Waals surface area contributed by atoms with Crippen molar-refractivity contribution in [2.24, 2.45) is 0 Å². The van der Waals surface area contributed by atoms with Gasteiger partial charge in [-0.25, -0.2) is 14.4 Å². The maximum Gasteiger partial charge on any atom is 0.242 e. The van der Waals surface area contributed by atoms with Gasteiger partial charge < -0.3 is 15.1 Å². The zero-order valence-corrected chi connectivity index (χ0v) is 14.8. The van der Waals surface area contributed by atoms with E-state index in [1.807, 2.05) is 16.8 Å². The lowest BCUT2D eigenvalue weighted by Crippen LogP contribution is -2.45. The molecule has 1 aromatic carbocycles. The number of rotatable bonds is 4. The molecule has 136 valence electrons. The summed E-state index contributed by atoms with van der Waals surface area (Å²) >= 11 is 0. The second-order valence-corrected chi connectivity index (χ2v) is 6.97. The summed E-state index contributed by atoms with van der Waals surface area (Å²) in [6, 6.07) is 6.72. The molecular weight excluding hydrogens is 333 g/mol. The largest absolute Gasteiger partial charge is 0.366 e. The standard InChI is InChI=1S/C19H22FN5O/c1-24-11-17(26)25(15-3-2-4-15)10-16-18(22-12-23-19(16)24)21-9-13-5-7-14(20)8-6-13/h5-8,12,15H,2-4,9-11H2,1H3,(H,21,22,23). The Bertz CT molecular complexity index is 806. The third kappa shape index (κ3) is 3.21. The first-order valence-corrected chi connectivity index (χ1v) is 8.94. The number of carbonyl (C=O) groups excluding carboxylic acids is 1. The molecule has 0 atom stereocenters. The van der Waals surface area contributed by atoms with Gasteiger partial charge in [0.15, 0.2) is 0 Å². The van der Waals surface area contributed by atoms with Crippen LogP contribution in [0, 0.1) is 5.82 Å². The van der Waals surface area contributed by atoms with E-state index in [-0.39, 0.29) is 11.7 Å². The number of nitrogens with one attached hydrogen (secondary N) is 1. The number of fused-ring (bicyclic) bond motifs is 1. The van der Waals surface area contributed by atoms with Crippen LogP contribution < -0.4 is 10.2 Å². The summed E-state index contributed by atoms with van der Waals surface area (Å²) in [6.07, 6.45) is 4.83. The van der Waals surface area contributed by atoms with Gasteiger partial charge in [-0.1, -0.05) is 12.1 Å². The number of amides is 1. The number of benzene rings is 1. The first-order valence-electron chi connectivity index (χ1n) is 8.94. The molecule has 1 aliphatic heterocycles. The third-order valence-corrected chi connectivity index (χ3v) is 5.19. The van der Waals surface area contributed by atoms with E-state index in [9.17, 15) is 9.18 Å². The van der Waals surface area contributed by atoms with Gasteiger partial charge in [-0.3, -0.25) is 4.79 Å². The summed E-state index contributed by atoms with van der Waals surface area (Å²) < 4.78 is 13.1. The maximum absolute atomic E-state index is 13.1. The van der Waals surface area contributed by atoms with Crippen LogP contribution in [0.5, 0.6) is 0 Å². The van der Waals surface area contributed by atoms with Gasteiger partial charge in [-0.05, 0) is 37.0 Å². The smallest absolute Gasteiger partial charge is 0.242 e. The lowest BCUT2D eigenvalue weighted by molar-refractivity contribution is -0.134. The molecule has 2 aliphatic rings. The Labute approximate surface area is 152 Å². The molecule has 7 heteroatoms. The number of hydrogen-bond acceptors (Lipinski definition) is 5. The van der Waals surface area contributed by atoms with Crippen molar-refractivity contribution in [1.29, 1.82) is 0 Å². The van der Waals surface area contributed by atoms with Gasteiger partial charge >= 0.3 is 0 Å². The Balaban J connectivity index is 1.59. The second kappa shape index (κ2) is 6.90. The summed E-state index contributed by atoms with van der Waals surface area (Å²) in [4.78, 5) is 25.3. The quantitative estimate of drug-likeness (QED) is 0.913. The van der Waals surface area contributed by atoms with Gasteiger partial charge in [0.1, 0.15) is 23.8 Å². The molecule has 1 fully saturated rings. The monoisotopic (exact) mass is 355 g/mol. The highest BCUT2D eigenvalue weighted by atomic mass is 19.1. The minimum absolute atomic E-state index is 0.139. The zero-order valence-electron chi connectivity index (χ0n) is 14.8. The van der Waals surface area contributed by atoms with E-state index in [1.54, 1.807) is 12.1 Å². The molecule has 6 nitrogen and oxygen atoms in total. The van der Waals surface area contributed by atoms with E-state index in [2.05, 4.69) is 15.3 Å². The molecule has 2 heterocycles. The van der Waals surface area contributed by atoms with Gasteiger partial charge in [0.2, 0.25) is 5.91 Å². The van der Waals surface area contributed by atoms with E-state index in [0.717, 1.165) is 35.6 Å². The van der Waals surface area contributed by atoms with E-state index in [0.29, 0.717) is 25.7 Å². The Kier molecular flexibility index (Phi) is 4.44. The summed E-state index contributed by atoms with van der Waals surface area (Å²) in [6.45, 7) is 1.39. The predicted molar refractivity (Wildman–Crippen MR) is 97.2 cm³/mol. The molecule has 0 bridgehead atoms. The van der Waals surface area contributed by atoms with Crippen LogP contribution in [0.15, 0.2) is 30.6 Å². The van der Waals surface area contributed by atoms with E-state index >= 15 is 0 Å². The molecule has 1 saturated carbocycles. The summed E-state index contributed by atoms with van der Waals surface area (Å²) in [5.41, 5.74) is 1.91. The van der Waals surface area contributed by atoms with E-state index in [4.69, 9.17) is 0 Å². The Morgan fingerprint density at radius 2 is 1.96 bits per heavy atom. The molecule has 1 aromatic heterocycles. The lowest BCUT2D eigenvalue weighted by atomic mass is 9.91. The predicted octanol–water partition coefficient (Wildman–Crippen LogP) is 2.56. The number of anilines is 2. The van der Waals surface area contributed by atoms with E-state index < -0.39 is 0 Å². The summed E-state index contributed by atoms with van der Waals surface area (Å²) in [5.74, 6) is 1.41. The highest BCUT2D eigenvalue weighted by Gasteiger charge is 2.34. The summed E-state index contributed by atoms with van der Waals surface area (Å²) in [7, 11) is 1.89. The first-order chi connectivity index (χ1) is 12.6. The Morgan fingerprint density at radius 3 is 2.65 bits per heavy atom. The van der Waals surface area contributed by atoms with Gasteiger partial charge in [0.05, 0.1) is 18.7 Å². The highest BCUT2D eigenvalue weighted by molar-refractivity contribution is 5.84. The van der Waals surface area contributed by atoms with Gasteiger partial charge in [-0.15, -0.1) is 0 Å². The van der Waals surface area contributed by atoms with Crippen LogP contribution >= 0.6 is 0 Å². The molecule has 1 aliphatic carbocycles. The van der Waals surface area contributed by atoms with Gasteiger partial charge in [-0.2, -0.15) is 0 Å². The molecule has 26 heavy (non-hydrogen) atoms. The van der Waals surface area contributed by atoms with Gasteiger partial charge in [0, 0.05) is 19.6 Å². The molecular formula is C19H22FN5O. The number of likely N-dealkylation sites (N-methyl/N-ethyl adjacent to an activating group) is 1. The molecule has 0 radical (unpaired) electrons. The lowest BCUT2D eigenvalue weighted by Gasteiger charge is -2.37. The van der Waals surface area contributed by atoms with Crippen molar-refractivity contribution >= 4 is 17.5 Å². The average molecular weight is 355 g/mol. The molecule has 4 rings (SSSR count). The van der Waals surface area contributed by atoms with Crippen LogP contribution in [0.3, 0.4) is 0 Å². The zero-order chi connectivity index (χ0) is 18.1. The molecule has 0 saturated heterocycles. The van der Waals surface area contributed by atoms with Crippen LogP contribution in [0.1, 0.15) is 30.4 Å². The van der Waals surface area contributed by atoms with Crippen LogP contribution in [-0.4, -0.2) is 40.4 Å². The van der Waals surface area contributed by atoms with Crippen molar-refractivity contribution in [1.82, 2.24) is 14.9 Å². The molecule has 1 amide bonds. The van der Waals surface area contributed by atoms with Crippen molar-refractivity contribution in [3.63, 3.8) is 0 Å².